The van der Waals surface area contributed by atoms with E-state index in [9.17, 15) is 32.7 Å². The molecule has 2 heterocycles. The number of likely N-dealkylation sites (tertiary alicyclic amines) is 1. The zero-order chi connectivity index (χ0) is 37.5. The van der Waals surface area contributed by atoms with E-state index in [-0.39, 0.29) is 17.9 Å². The number of benzene rings is 2. The number of methoxy groups -OCH3 is 1. The van der Waals surface area contributed by atoms with Gasteiger partial charge in [-0.3, -0.25) is 14.4 Å². The van der Waals surface area contributed by atoms with E-state index in [4.69, 9.17) is 4.74 Å². The van der Waals surface area contributed by atoms with Crippen LogP contribution in [0.25, 0.3) is 11.1 Å². The first kappa shape index (κ1) is 37.6. The van der Waals surface area contributed by atoms with Crippen molar-refractivity contribution in [1.82, 2.24) is 14.8 Å². The fourth-order valence-corrected chi connectivity index (χ4v) is 8.50. The molecule has 1 aromatic heterocycles. The summed E-state index contributed by atoms with van der Waals surface area (Å²) in [7, 11) is 1.62. The van der Waals surface area contributed by atoms with Crippen LogP contribution >= 0.6 is 0 Å². The molecule has 52 heavy (non-hydrogen) atoms. The molecule has 1 amide bonds. The molecule has 0 radical (unpaired) electrons. The Morgan fingerprint density at radius 2 is 1.67 bits per heavy atom. The van der Waals surface area contributed by atoms with Crippen molar-refractivity contribution in [2.75, 3.05) is 20.2 Å². The summed E-state index contributed by atoms with van der Waals surface area (Å²) in [5, 5.41) is 13.0. The van der Waals surface area contributed by atoms with Crippen LogP contribution in [-0.4, -0.2) is 52.7 Å². The summed E-state index contributed by atoms with van der Waals surface area (Å²) in [4.78, 5) is 42.5. The Kier molecular flexibility index (Phi) is 10.9. The van der Waals surface area contributed by atoms with Crippen molar-refractivity contribution >= 4 is 11.9 Å². The van der Waals surface area contributed by atoms with Gasteiger partial charge in [0, 0.05) is 18.3 Å². The first-order chi connectivity index (χ1) is 24.6. The second kappa shape index (κ2) is 15.1. The fraction of sp³-hybridized carbons (Fsp3) is 0.537. The van der Waals surface area contributed by atoms with E-state index in [2.05, 4.69) is 10.2 Å². The summed E-state index contributed by atoms with van der Waals surface area (Å²) < 4.78 is 49.9. The molecule has 0 unspecified atom stereocenters. The molecule has 1 saturated carbocycles. The van der Waals surface area contributed by atoms with E-state index in [1.807, 2.05) is 52.0 Å². The number of carboxylic acid groups (broad SMARTS) is 1. The van der Waals surface area contributed by atoms with Crippen molar-refractivity contribution in [2.45, 2.75) is 116 Å². The van der Waals surface area contributed by atoms with E-state index in [1.165, 1.54) is 11.8 Å². The normalized spacial score (nSPS) is 17.9. The van der Waals surface area contributed by atoms with E-state index in [0.29, 0.717) is 43.6 Å². The number of ether oxygens (including phenoxy) is 1. The molecule has 6 rings (SSSR count). The highest BCUT2D eigenvalue weighted by Gasteiger charge is 2.40. The minimum absolute atomic E-state index is 0.0414. The molecule has 0 spiro atoms. The molecular weight excluding hydrogens is 671 g/mol. The number of nitrogens with zero attached hydrogens (tertiary/aromatic N) is 2. The summed E-state index contributed by atoms with van der Waals surface area (Å²) in [5.41, 5.74) is 5.16. The Bertz CT molecular complexity index is 1870. The first-order valence-corrected chi connectivity index (χ1v) is 18.5. The third-order valence-electron chi connectivity index (χ3n) is 11.1. The highest BCUT2D eigenvalue weighted by atomic mass is 19.4. The van der Waals surface area contributed by atoms with Gasteiger partial charge in [0.05, 0.1) is 25.1 Å². The number of rotatable bonds is 12. The first-order valence-electron chi connectivity index (χ1n) is 18.5. The number of halogens is 3. The molecule has 3 aromatic rings. The number of hydrogen-bond acceptors (Lipinski definition) is 5. The Labute approximate surface area is 303 Å². The maximum Gasteiger partial charge on any atom is 0.416 e. The average Bonchev–Trinajstić information content (AvgIpc) is 3.82. The number of piperidine rings is 1. The van der Waals surface area contributed by atoms with Crippen molar-refractivity contribution in [3.8, 4) is 16.9 Å². The Morgan fingerprint density at radius 1 is 1.00 bits per heavy atom. The van der Waals surface area contributed by atoms with Gasteiger partial charge in [-0.05, 0) is 153 Å². The third kappa shape index (κ3) is 8.09. The molecule has 0 bridgehead atoms. The zero-order valence-electron chi connectivity index (χ0n) is 30.7. The lowest BCUT2D eigenvalue weighted by Crippen LogP contribution is -2.41. The number of carboxylic acids is 1. The van der Waals surface area contributed by atoms with Crippen LogP contribution < -0.4 is 15.6 Å². The van der Waals surface area contributed by atoms with Crippen LogP contribution in [0.1, 0.15) is 116 Å². The molecule has 1 saturated heterocycles. The van der Waals surface area contributed by atoms with Gasteiger partial charge in [0.1, 0.15) is 11.8 Å². The molecule has 2 N–H and O–H groups in total. The van der Waals surface area contributed by atoms with Crippen LogP contribution in [0, 0.1) is 19.8 Å². The van der Waals surface area contributed by atoms with Gasteiger partial charge in [-0.15, -0.1) is 0 Å². The minimum Gasteiger partial charge on any atom is -0.497 e. The van der Waals surface area contributed by atoms with Crippen LogP contribution in [0.2, 0.25) is 0 Å². The largest absolute Gasteiger partial charge is 0.497 e. The van der Waals surface area contributed by atoms with Gasteiger partial charge in [-0.25, -0.2) is 0 Å². The minimum atomic E-state index is -4.73. The monoisotopic (exact) mass is 721 g/mol. The van der Waals surface area contributed by atoms with Crippen molar-refractivity contribution in [3.05, 3.63) is 85.8 Å². The molecule has 2 atom stereocenters. The topological polar surface area (TPSA) is 101 Å². The molecule has 2 aliphatic carbocycles. The number of alkyl halides is 3. The molecule has 2 aromatic carbocycles. The highest BCUT2D eigenvalue weighted by Crippen LogP contribution is 2.42. The van der Waals surface area contributed by atoms with Crippen LogP contribution in [0.15, 0.2) is 41.3 Å². The summed E-state index contributed by atoms with van der Waals surface area (Å²) >= 11 is 0. The van der Waals surface area contributed by atoms with E-state index < -0.39 is 53.6 Å². The van der Waals surface area contributed by atoms with Gasteiger partial charge in [0.25, 0.3) is 5.56 Å². The molecule has 11 heteroatoms. The predicted molar refractivity (Wildman–Crippen MR) is 194 cm³/mol. The van der Waals surface area contributed by atoms with E-state index in [0.717, 1.165) is 70.2 Å². The zero-order valence-corrected chi connectivity index (χ0v) is 30.7. The number of carbonyl (C=O) groups excluding carboxylic acids is 1. The summed E-state index contributed by atoms with van der Waals surface area (Å²) in [5.74, 6) is -1.48. The SMILES string of the molecule is COc1cc(C)c(-c2cc([C@@H](CC(=O)O)NC(=O)[C@H](CC(C)C)n3cc(C4CCN(C5CC5)CC4)c(C(F)(F)F)cc3=O)cc3c2CCC3)c(C)c1. The van der Waals surface area contributed by atoms with Gasteiger partial charge < -0.3 is 24.6 Å². The van der Waals surface area contributed by atoms with E-state index in [1.54, 1.807) is 7.11 Å². The molecule has 8 nitrogen and oxygen atoms in total. The number of amides is 1. The second-order valence-corrected chi connectivity index (χ2v) is 15.4. The molecular formula is C41H50F3N3O5. The standard InChI is InChI=1S/C41H50F3N3O5/c1-23(2)15-36(47-22-33(34(20-37(47)48)41(42,43)44)26-11-13-46(14-12-26)29-9-10-29)40(51)45-35(21-38(49)50)28-18-27-7-6-8-31(27)32(19-28)39-24(3)16-30(52-5)17-25(39)4/h16-20,22-23,26,29,35-36H,6-15,21H2,1-5H3,(H,45,51)(H,49,50)/t35-,36+/m1/s1. The highest BCUT2D eigenvalue weighted by molar-refractivity contribution is 5.82. The summed E-state index contributed by atoms with van der Waals surface area (Å²) in [6, 6.07) is 6.95. The fourth-order valence-electron chi connectivity index (χ4n) is 8.50. The number of carbonyl (C=O) groups is 2. The Hall–Kier alpha value is -4.12. The summed E-state index contributed by atoms with van der Waals surface area (Å²) in [6.07, 6.45) is 2.25. The number of hydrogen-bond donors (Lipinski definition) is 2. The van der Waals surface area contributed by atoms with Gasteiger partial charge in [0.15, 0.2) is 0 Å². The number of fused-ring (bicyclic) bond motifs is 1. The molecule has 1 aliphatic heterocycles. The van der Waals surface area contributed by atoms with Crippen molar-refractivity contribution < 1.29 is 32.6 Å². The lowest BCUT2D eigenvalue weighted by Gasteiger charge is -2.34. The maximum absolute atomic E-state index is 14.4. The Morgan fingerprint density at radius 3 is 2.25 bits per heavy atom. The van der Waals surface area contributed by atoms with Gasteiger partial charge >= 0.3 is 12.1 Å². The number of pyridine rings is 1. The van der Waals surface area contributed by atoms with Crippen LogP contribution in [0.5, 0.6) is 5.75 Å². The molecule has 280 valence electrons. The predicted octanol–water partition coefficient (Wildman–Crippen LogP) is 7.91. The lowest BCUT2D eigenvalue weighted by molar-refractivity contribution is -0.139. The lowest BCUT2D eigenvalue weighted by atomic mass is 9.86. The van der Waals surface area contributed by atoms with E-state index >= 15 is 0 Å². The number of aromatic nitrogens is 1. The number of nitrogens with one attached hydrogen (secondary N) is 1. The average molecular weight is 722 g/mol. The maximum atomic E-state index is 14.4. The molecule has 2 fully saturated rings. The Balaban J connectivity index is 1.38. The van der Waals surface area contributed by atoms with Gasteiger partial charge in [0.2, 0.25) is 5.91 Å². The van der Waals surface area contributed by atoms with Gasteiger partial charge in [-0.1, -0.05) is 19.9 Å². The summed E-state index contributed by atoms with van der Waals surface area (Å²) in [6.45, 7) is 9.17. The van der Waals surface area contributed by atoms with Crippen LogP contribution in [0.3, 0.4) is 0 Å². The molecule has 3 aliphatic rings. The third-order valence-corrected chi connectivity index (χ3v) is 11.1. The number of aliphatic carboxylic acids is 1. The van der Waals surface area contributed by atoms with Crippen molar-refractivity contribution in [2.24, 2.45) is 5.92 Å². The quantitative estimate of drug-likeness (QED) is 0.197. The second-order valence-electron chi connectivity index (χ2n) is 15.4. The van der Waals surface area contributed by atoms with Crippen LogP contribution in [0.4, 0.5) is 13.2 Å². The van der Waals surface area contributed by atoms with Crippen LogP contribution in [-0.2, 0) is 28.6 Å². The number of aryl methyl sites for hydroxylation is 3. The van der Waals surface area contributed by atoms with Crippen molar-refractivity contribution in [3.63, 3.8) is 0 Å². The van der Waals surface area contributed by atoms with Gasteiger partial charge in [-0.2, -0.15) is 13.2 Å². The smallest absolute Gasteiger partial charge is 0.416 e. The van der Waals surface area contributed by atoms with Crippen molar-refractivity contribution in [1.29, 1.82) is 0 Å².